The number of likely N-dealkylation sites (tertiary alicyclic amines) is 1. The average molecular weight is 352 g/mol. The molecule has 0 atom stereocenters. The highest BCUT2D eigenvalue weighted by atomic mass is 16.2. The molecule has 0 spiro atoms. The molecule has 0 N–H and O–H groups in total. The van der Waals surface area contributed by atoms with Gasteiger partial charge in [0.2, 0.25) is 0 Å². The van der Waals surface area contributed by atoms with E-state index in [1.807, 2.05) is 30.2 Å². The molecule has 0 radical (unpaired) electrons. The second-order valence-corrected chi connectivity index (χ2v) is 7.92. The first-order valence-corrected chi connectivity index (χ1v) is 9.86. The van der Waals surface area contributed by atoms with Crippen molar-refractivity contribution in [3.63, 3.8) is 0 Å². The molecule has 1 amide bonds. The predicted molar refractivity (Wildman–Crippen MR) is 101 cm³/mol. The van der Waals surface area contributed by atoms with E-state index in [9.17, 15) is 4.79 Å². The van der Waals surface area contributed by atoms with Crippen LogP contribution in [0.2, 0.25) is 0 Å². The van der Waals surface area contributed by atoms with Crippen molar-refractivity contribution in [1.29, 1.82) is 0 Å². The molecule has 2 fully saturated rings. The van der Waals surface area contributed by atoms with Crippen LogP contribution in [0.1, 0.15) is 65.6 Å². The first kappa shape index (κ1) is 17.3. The summed E-state index contributed by atoms with van der Waals surface area (Å²) in [4.78, 5) is 23.6. The Labute approximate surface area is 155 Å². The first-order valence-electron chi connectivity index (χ1n) is 9.86. The van der Waals surface area contributed by atoms with E-state index in [1.165, 1.54) is 30.8 Å². The Morgan fingerprint density at radius 1 is 1.08 bits per heavy atom. The van der Waals surface area contributed by atoms with Crippen molar-refractivity contribution >= 4 is 5.91 Å². The molecule has 1 aliphatic heterocycles. The van der Waals surface area contributed by atoms with E-state index in [0.717, 1.165) is 38.2 Å². The van der Waals surface area contributed by atoms with Crippen LogP contribution in [0, 0.1) is 19.8 Å². The Morgan fingerprint density at radius 2 is 1.85 bits per heavy atom. The number of hydrogen-bond acceptors (Lipinski definition) is 3. The number of carbonyl (C=O) groups is 1. The Hall–Kier alpha value is -2.17. The molecule has 0 aromatic carbocycles. The van der Waals surface area contributed by atoms with Crippen LogP contribution in [0.5, 0.6) is 0 Å². The standard InChI is InChI=1S/C21H28N4O/c1-15-6-7-19(13-22-15)21(26)24-10-8-17(9-11-24)14-25-16(2)12-23-20(25)18-4-3-5-18/h6-7,12-13,17-18H,3-5,8-11,14H2,1-2H3. The number of carbonyl (C=O) groups excluding carboxylic acids is 1. The van der Waals surface area contributed by atoms with Gasteiger partial charge in [-0.15, -0.1) is 0 Å². The molecule has 0 unspecified atom stereocenters. The van der Waals surface area contributed by atoms with Gasteiger partial charge in [0.25, 0.3) is 5.91 Å². The maximum atomic E-state index is 12.6. The van der Waals surface area contributed by atoms with E-state index >= 15 is 0 Å². The average Bonchev–Trinajstić information content (AvgIpc) is 2.95. The number of piperidine rings is 1. The number of nitrogens with zero attached hydrogens (tertiary/aromatic N) is 4. The van der Waals surface area contributed by atoms with E-state index in [0.29, 0.717) is 17.4 Å². The highest BCUT2D eigenvalue weighted by molar-refractivity contribution is 5.93. The second kappa shape index (κ2) is 7.22. The van der Waals surface area contributed by atoms with Gasteiger partial charge in [-0.3, -0.25) is 9.78 Å². The summed E-state index contributed by atoms with van der Waals surface area (Å²) in [7, 11) is 0. The quantitative estimate of drug-likeness (QED) is 0.843. The summed E-state index contributed by atoms with van der Waals surface area (Å²) in [6, 6.07) is 3.79. The molecule has 2 aromatic rings. The van der Waals surface area contributed by atoms with Crippen LogP contribution in [0.25, 0.3) is 0 Å². The number of aromatic nitrogens is 3. The number of imidazole rings is 1. The molecule has 138 valence electrons. The number of rotatable bonds is 4. The monoisotopic (exact) mass is 352 g/mol. The van der Waals surface area contributed by atoms with E-state index < -0.39 is 0 Å². The fourth-order valence-electron chi connectivity index (χ4n) is 4.06. The molecular weight excluding hydrogens is 324 g/mol. The Balaban J connectivity index is 1.36. The van der Waals surface area contributed by atoms with Crippen LogP contribution in [-0.2, 0) is 6.54 Å². The smallest absolute Gasteiger partial charge is 0.255 e. The van der Waals surface area contributed by atoms with Crippen molar-refractivity contribution in [1.82, 2.24) is 19.4 Å². The molecule has 26 heavy (non-hydrogen) atoms. The lowest BCUT2D eigenvalue weighted by Crippen LogP contribution is -2.39. The second-order valence-electron chi connectivity index (χ2n) is 7.92. The molecule has 0 bridgehead atoms. The Bertz CT molecular complexity index is 768. The van der Waals surface area contributed by atoms with Gasteiger partial charge in [-0.2, -0.15) is 0 Å². The summed E-state index contributed by atoms with van der Waals surface area (Å²) in [5.41, 5.74) is 2.92. The lowest BCUT2D eigenvalue weighted by Gasteiger charge is -2.33. The van der Waals surface area contributed by atoms with Gasteiger partial charge in [-0.05, 0) is 57.6 Å². The van der Waals surface area contributed by atoms with Gasteiger partial charge >= 0.3 is 0 Å². The molecule has 1 aliphatic carbocycles. The van der Waals surface area contributed by atoms with E-state index in [1.54, 1.807) is 6.20 Å². The predicted octanol–water partition coefficient (Wildman–Crippen LogP) is 3.71. The van der Waals surface area contributed by atoms with E-state index in [4.69, 9.17) is 0 Å². The minimum atomic E-state index is 0.116. The highest BCUT2D eigenvalue weighted by Gasteiger charge is 2.28. The van der Waals surface area contributed by atoms with Gasteiger partial charge in [0.15, 0.2) is 0 Å². The van der Waals surface area contributed by atoms with Crippen LogP contribution in [0.15, 0.2) is 24.5 Å². The Kier molecular flexibility index (Phi) is 4.79. The number of amides is 1. The molecular formula is C21H28N4O. The van der Waals surface area contributed by atoms with Crippen LogP contribution in [0.3, 0.4) is 0 Å². The van der Waals surface area contributed by atoms with Crippen molar-refractivity contribution < 1.29 is 4.79 Å². The van der Waals surface area contributed by atoms with Gasteiger partial charge in [-0.25, -0.2) is 4.98 Å². The maximum Gasteiger partial charge on any atom is 0.255 e. The van der Waals surface area contributed by atoms with Gasteiger partial charge in [0.05, 0.1) is 5.56 Å². The van der Waals surface area contributed by atoms with Gasteiger partial charge in [-0.1, -0.05) is 6.42 Å². The van der Waals surface area contributed by atoms with Crippen molar-refractivity contribution in [3.05, 3.63) is 47.3 Å². The lowest BCUT2D eigenvalue weighted by atomic mass is 9.84. The van der Waals surface area contributed by atoms with E-state index in [-0.39, 0.29) is 5.91 Å². The van der Waals surface area contributed by atoms with Crippen molar-refractivity contribution in [2.24, 2.45) is 5.92 Å². The summed E-state index contributed by atoms with van der Waals surface area (Å²) >= 11 is 0. The van der Waals surface area contributed by atoms with Crippen LogP contribution >= 0.6 is 0 Å². The third-order valence-electron chi connectivity index (χ3n) is 6.06. The minimum absolute atomic E-state index is 0.116. The molecule has 5 heteroatoms. The molecule has 5 nitrogen and oxygen atoms in total. The maximum absolute atomic E-state index is 12.6. The van der Waals surface area contributed by atoms with Crippen molar-refractivity contribution in [3.8, 4) is 0 Å². The van der Waals surface area contributed by atoms with Crippen molar-refractivity contribution in [2.75, 3.05) is 13.1 Å². The summed E-state index contributed by atoms with van der Waals surface area (Å²) in [6.45, 7) is 6.83. The highest BCUT2D eigenvalue weighted by Crippen LogP contribution is 2.36. The minimum Gasteiger partial charge on any atom is -0.339 e. The summed E-state index contributed by atoms with van der Waals surface area (Å²) in [5, 5.41) is 0. The summed E-state index contributed by atoms with van der Waals surface area (Å²) in [6.07, 6.45) is 9.76. The molecule has 1 saturated heterocycles. The number of hydrogen-bond donors (Lipinski definition) is 0. The summed E-state index contributed by atoms with van der Waals surface area (Å²) < 4.78 is 2.44. The molecule has 2 aliphatic rings. The molecule has 1 saturated carbocycles. The zero-order valence-electron chi connectivity index (χ0n) is 15.8. The first-order chi connectivity index (χ1) is 12.6. The third kappa shape index (κ3) is 3.39. The van der Waals surface area contributed by atoms with Crippen LogP contribution in [-0.4, -0.2) is 38.4 Å². The zero-order chi connectivity index (χ0) is 18.1. The molecule has 4 rings (SSSR count). The van der Waals surface area contributed by atoms with Gasteiger partial charge in [0, 0.05) is 49.3 Å². The topological polar surface area (TPSA) is 51.0 Å². The normalized spacial score (nSPS) is 18.8. The number of pyridine rings is 1. The molecule has 3 heterocycles. The Morgan fingerprint density at radius 3 is 2.46 bits per heavy atom. The van der Waals surface area contributed by atoms with Gasteiger partial charge < -0.3 is 9.47 Å². The fraction of sp³-hybridized carbons (Fsp3) is 0.571. The van der Waals surface area contributed by atoms with E-state index in [2.05, 4.69) is 21.5 Å². The van der Waals surface area contributed by atoms with Crippen LogP contribution < -0.4 is 0 Å². The SMILES string of the molecule is Cc1ccc(C(=O)N2CCC(Cn3c(C)cnc3C3CCC3)CC2)cn1. The molecule has 2 aromatic heterocycles. The third-order valence-corrected chi connectivity index (χ3v) is 6.06. The summed E-state index contributed by atoms with van der Waals surface area (Å²) in [5.74, 6) is 2.70. The van der Waals surface area contributed by atoms with Crippen molar-refractivity contribution in [2.45, 2.75) is 58.4 Å². The number of aryl methyl sites for hydroxylation is 2. The fourth-order valence-corrected chi connectivity index (χ4v) is 4.06. The van der Waals surface area contributed by atoms with Crippen LogP contribution in [0.4, 0.5) is 0 Å². The lowest BCUT2D eigenvalue weighted by molar-refractivity contribution is 0.0681. The zero-order valence-corrected chi connectivity index (χ0v) is 15.8. The largest absolute Gasteiger partial charge is 0.339 e. The van der Waals surface area contributed by atoms with Gasteiger partial charge in [0.1, 0.15) is 5.82 Å².